The van der Waals surface area contributed by atoms with Crippen molar-refractivity contribution in [3.63, 3.8) is 0 Å². The van der Waals surface area contributed by atoms with Crippen LogP contribution in [0, 0.1) is 11.3 Å². The molecule has 1 aliphatic carbocycles. The average molecular weight is 427 g/mol. The zero-order valence-electron chi connectivity index (χ0n) is 18.1. The van der Waals surface area contributed by atoms with E-state index in [1.807, 2.05) is 25.7 Å². The predicted octanol–water partition coefficient (Wildman–Crippen LogP) is 5.11. The first-order valence-corrected chi connectivity index (χ1v) is 11.3. The molecule has 1 aromatic rings. The van der Waals surface area contributed by atoms with Crippen molar-refractivity contribution in [2.75, 3.05) is 18.4 Å². The lowest BCUT2D eigenvalue weighted by molar-refractivity contribution is -0.175. The van der Waals surface area contributed by atoms with Crippen molar-refractivity contribution in [2.45, 2.75) is 89.9 Å². The molecule has 3 heterocycles. The van der Waals surface area contributed by atoms with E-state index in [1.54, 1.807) is 6.07 Å². The highest BCUT2D eigenvalue weighted by Gasteiger charge is 2.48. The minimum atomic E-state index is -4.34. The molecule has 30 heavy (non-hydrogen) atoms. The van der Waals surface area contributed by atoms with E-state index in [0.29, 0.717) is 24.6 Å². The molecule has 1 N–H and O–H groups in total. The highest BCUT2D eigenvalue weighted by atomic mass is 19.4. The van der Waals surface area contributed by atoms with Crippen LogP contribution in [0.15, 0.2) is 6.07 Å². The molecule has 0 bridgehead atoms. The number of carbonyl (C=O) groups excluding carboxylic acids is 1. The Kier molecular flexibility index (Phi) is 5.56. The molecule has 2 aliphatic heterocycles. The number of carbonyl (C=O) groups is 1. The molecule has 0 unspecified atom stereocenters. The van der Waals surface area contributed by atoms with Gasteiger partial charge in [0.15, 0.2) is 6.04 Å². The number of anilines is 1. The summed E-state index contributed by atoms with van der Waals surface area (Å²) in [5, 5.41) is 7.69. The largest absolute Gasteiger partial charge is 0.410 e. The normalized spacial score (nSPS) is 28.3. The molecule has 3 atom stereocenters. The summed E-state index contributed by atoms with van der Waals surface area (Å²) in [6, 6.07) is -0.127. The molecule has 0 aromatic carbocycles. The molecule has 5 nitrogen and oxygen atoms in total. The molecule has 168 valence electrons. The van der Waals surface area contributed by atoms with Crippen molar-refractivity contribution in [1.29, 1.82) is 0 Å². The van der Waals surface area contributed by atoms with Gasteiger partial charge < -0.3 is 10.2 Å². The molecule has 1 saturated carbocycles. The van der Waals surface area contributed by atoms with Crippen LogP contribution in [0.3, 0.4) is 0 Å². The van der Waals surface area contributed by atoms with E-state index in [-0.39, 0.29) is 35.6 Å². The summed E-state index contributed by atoms with van der Waals surface area (Å²) in [6.07, 6.45) is 1.74. The second kappa shape index (κ2) is 7.75. The van der Waals surface area contributed by atoms with Crippen LogP contribution < -0.4 is 5.32 Å². The molecule has 2 fully saturated rings. The van der Waals surface area contributed by atoms with E-state index in [2.05, 4.69) is 10.4 Å². The number of amides is 1. The number of halogens is 3. The Balaban J connectivity index is 1.52. The third kappa shape index (κ3) is 4.19. The maximum atomic E-state index is 13.8. The lowest BCUT2D eigenvalue weighted by Gasteiger charge is -2.39. The van der Waals surface area contributed by atoms with E-state index >= 15 is 0 Å². The van der Waals surface area contributed by atoms with Crippen molar-refractivity contribution in [3.8, 4) is 0 Å². The van der Waals surface area contributed by atoms with Crippen LogP contribution in [-0.2, 0) is 4.79 Å². The van der Waals surface area contributed by atoms with Gasteiger partial charge in [0, 0.05) is 37.0 Å². The lowest BCUT2D eigenvalue weighted by atomic mass is 9.82. The highest BCUT2D eigenvalue weighted by Crippen LogP contribution is 2.44. The molecule has 8 heteroatoms. The zero-order valence-corrected chi connectivity index (χ0v) is 18.1. The number of hydrogen-bond donors (Lipinski definition) is 1. The summed E-state index contributed by atoms with van der Waals surface area (Å²) in [6.45, 7) is 7.10. The fraction of sp³-hybridized carbons (Fsp3) is 0.818. The first-order valence-electron chi connectivity index (χ1n) is 11.3. The molecule has 3 aliphatic rings. The zero-order chi connectivity index (χ0) is 21.7. The number of nitrogens with zero attached hydrogens (tertiary/aromatic N) is 3. The van der Waals surface area contributed by atoms with Crippen molar-refractivity contribution >= 4 is 11.7 Å². The summed E-state index contributed by atoms with van der Waals surface area (Å²) in [5.74, 6) is 0.784. The summed E-state index contributed by atoms with van der Waals surface area (Å²) < 4.78 is 42.5. The molecular formula is C22H33F3N4O. The van der Waals surface area contributed by atoms with E-state index < -0.39 is 12.2 Å². The maximum Gasteiger partial charge on any atom is 0.410 e. The Hall–Kier alpha value is -1.73. The number of likely N-dealkylation sites (tertiary alicyclic amines) is 1. The van der Waals surface area contributed by atoms with Gasteiger partial charge in [-0.1, -0.05) is 40.0 Å². The third-order valence-electron chi connectivity index (χ3n) is 7.13. The molecule has 1 saturated heterocycles. The quantitative estimate of drug-likeness (QED) is 0.715. The maximum absolute atomic E-state index is 13.8. The highest BCUT2D eigenvalue weighted by molar-refractivity contribution is 5.79. The van der Waals surface area contributed by atoms with Crippen LogP contribution in [0.2, 0.25) is 0 Å². The number of fused-ring (bicyclic) bond motifs is 1. The summed E-state index contributed by atoms with van der Waals surface area (Å²) in [4.78, 5) is 14.8. The Morgan fingerprint density at radius 3 is 2.47 bits per heavy atom. The summed E-state index contributed by atoms with van der Waals surface area (Å²) in [5.41, 5.74) is 0.371. The fourth-order valence-corrected chi connectivity index (χ4v) is 5.17. The van der Waals surface area contributed by atoms with Crippen LogP contribution >= 0.6 is 0 Å². The van der Waals surface area contributed by atoms with Gasteiger partial charge in [-0.15, -0.1) is 0 Å². The summed E-state index contributed by atoms with van der Waals surface area (Å²) >= 11 is 0. The predicted molar refractivity (Wildman–Crippen MR) is 109 cm³/mol. The topological polar surface area (TPSA) is 50.2 Å². The van der Waals surface area contributed by atoms with Crippen molar-refractivity contribution < 1.29 is 18.0 Å². The molecule has 4 rings (SSSR count). The van der Waals surface area contributed by atoms with Gasteiger partial charge in [-0.05, 0) is 31.1 Å². The number of hydrogen-bond acceptors (Lipinski definition) is 3. The van der Waals surface area contributed by atoms with E-state index in [0.717, 1.165) is 36.8 Å². The second-order valence-corrected chi connectivity index (χ2v) is 10.4. The van der Waals surface area contributed by atoms with Crippen LogP contribution in [-0.4, -0.2) is 45.9 Å². The van der Waals surface area contributed by atoms with Crippen LogP contribution in [0.4, 0.5) is 19.0 Å². The Morgan fingerprint density at radius 1 is 1.13 bits per heavy atom. The SMILES string of the molecule is CC(C)(C)[C@H]1C[C@H](C(F)(F)F)n2nc([C@@H]3CCN(C(=O)C4CCCCC4)C3)cc2N1. The van der Waals surface area contributed by atoms with Crippen LogP contribution in [0.25, 0.3) is 0 Å². The van der Waals surface area contributed by atoms with Gasteiger partial charge in [0.25, 0.3) is 0 Å². The molecular weight excluding hydrogens is 393 g/mol. The second-order valence-electron chi connectivity index (χ2n) is 10.4. The van der Waals surface area contributed by atoms with Gasteiger partial charge in [0.2, 0.25) is 5.91 Å². The fourth-order valence-electron chi connectivity index (χ4n) is 5.17. The van der Waals surface area contributed by atoms with Crippen molar-refractivity contribution in [2.24, 2.45) is 11.3 Å². The van der Waals surface area contributed by atoms with Gasteiger partial charge in [0.1, 0.15) is 5.82 Å². The van der Waals surface area contributed by atoms with E-state index in [1.165, 1.54) is 6.42 Å². The van der Waals surface area contributed by atoms with Gasteiger partial charge >= 0.3 is 6.18 Å². The Bertz CT molecular complexity index is 776. The molecule has 1 aromatic heterocycles. The monoisotopic (exact) mass is 426 g/mol. The molecule has 0 spiro atoms. The van der Waals surface area contributed by atoms with Crippen molar-refractivity contribution in [3.05, 3.63) is 11.8 Å². The Morgan fingerprint density at radius 2 is 1.83 bits per heavy atom. The van der Waals surface area contributed by atoms with Gasteiger partial charge in [-0.2, -0.15) is 18.3 Å². The minimum Gasteiger partial charge on any atom is -0.367 e. The smallest absolute Gasteiger partial charge is 0.367 e. The van der Waals surface area contributed by atoms with Crippen LogP contribution in [0.1, 0.15) is 83.4 Å². The van der Waals surface area contributed by atoms with Gasteiger partial charge in [-0.3, -0.25) is 4.79 Å². The standard InChI is InChI=1S/C22H33F3N4O/c1-21(2,3)17-12-18(22(23,24)25)29-19(26-17)11-16(27-29)15-9-10-28(13-15)20(30)14-7-5-4-6-8-14/h11,14-15,17-18,26H,4-10,12-13H2,1-3H3/t15-,17-,18-/m1/s1. The lowest BCUT2D eigenvalue weighted by Crippen LogP contribution is -2.44. The number of aromatic nitrogens is 2. The minimum absolute atomic E-state index is 0.000545. The van der Waals surface area contributed by atoms with Crippen molar-refractivity contribution in [1.82, 2.24) is 14.7 Å². The number of alkyl halides is 3. The number of nitrogens with one attached hydrogen (secondary N) is 1. The summed E-state index contributed by atoms with van der Waals surface area (Å²) in [7, 11) is 0. The number of rotatable bonds is 2. The van der Waals surface area contributed by atoms with Crippen LogP contribution in [0.5, 0.6) is 0 Å². The average Bonchev–Trinajstić information content (AvgIpc) is 3.32. The van der Waals surface area contributed by atoms with Gasteiger partial charge in [0.05, 0.1) is 5.69 Å². The molecule has 1 amide bonds. The first kappa shape index (κ1) is 21.5. The molecule has 0 radical (unpaired) electrons. The van der Waals surface area contributed by atoms with Gasteiger partial charge in [-0.25, -0.2) is 4.68 Å². The van der Waals surface area contributed by atoms with E-state index in [9.17, 15) is 18.0 Å². The Labute approximate surface area is 176 Å². The third-order valence-corrected chi connectivity index (χ3v) is 7.13. The van der Waals surface area contributed by atoms with E-state index in [4.69, 9.17) is 0 Å². The first-order chi connectivity index (χ1) is 14.0.